The van der Waals surface area contributed by atoms with Crippen molar-refractivity contribution in [1.29, 1.82) is 0 Å². The van der Waals surface area contributed by atoms with Crippen molar-refractivity contribution in [1.82, 2.24) is 0 Å². The summed E-state index contributed by atoms with van der Waals surface area (Å²) in [6.07, 6.45) is 5.24. The monoisotopic (exact) mass is 317 g/mol. The second-order valence-electron chi connectivity index (χ2n) is 5.09. The van der Waals surface area contributed by atoms with E-state index in [0.29, 0.717) is 5.92 Å². The zero-order valence-electron chi connectivity index (χ0n) is 12.9. The molecule has 2 aromatic carbocycles. The smallest absolute Gasteiger partial charge is 0.0364 e. The van der Waals surface area contributed by atoms with Gasteiger partial charge in [-0.25, -0.2) is 0 Å². The maximum atomic E-state index is 6.53. The van der Waals surface area contributed by atoms with Crippen LogP contribution in [0.3, 0.4) is 0 Å². The van der Waals surface area contributed by atoms with Gasteiger partial charge in [-0.1, -0.05) is 31.2 Å². The number of rotatable bonds is 6. The van der Waals surface area contributed by atoms with Crippen LogP contribution in [0.15, 0.2) is 58.3 Å². The lowest BCUT2D eigenvalue weighted by atomic mass is 9.86. The van der Waals surface area contributed by atoms with Gasteiger partial charge in [0.25, 0.3) is 0 Å². The SMILES string of the molecule is CCC(c1ccc(SC)cc1)C(N)c1ccc(SC)cc1. The summed E-state index contributed by atoms with van der Waals surface area (Å²) in [4.78, 5) is 2.58. The molecule has 2 rings (SSSR count). The van der Waals surface area contributed by atoms with E-state index in [-0.39, 0.29) is 6.04 Å². The van der Waals surface area contributed by atoms with Gasteiger partial charge in [-0.2, -0.15) is 0 Å². The lowest BCUT2D eigenvalue weighted by Gasteiger charge is -2.24. The predicted octanol–water partition coefficient (Wildman–Crippen LogP) is 5.32. The molecule has 0 aliphatic rings. The lowest BCUT2D eigenvalue weighted by molar-refractivity contribution is 0.539. The molecule has 2 N–H and O–H groups in total. The molecule has 2 aromatic rings. The Morgan fingerprint density at radius 1 is 0.810 bits per heavy atom. The van der Waals surface area contributed by atoms with Crippen molar-refractivity contribution >= 4 is 23.5 Å². The van der Waals surface area contributed by atoms with E-state index in [2.05, 4.69) is 68.0 Å². The van der Waals surface area contributed by atoms with E-state index in [1.807, 2.05) is 0 Å². The van der Waals surface area contributed by atoms with Crippen LogP contribution < -0.4 is 5.73 Å². The van der Waals surface area contributed by atoms with Crippen LogP contribution in [0.4, 0.5) is 0 Å². The fourth-order valence-electron chi connectivity index (χ4n) is 2.61. The Hall–Kier alpha value is -0.900. The Bertz CT molecular complexity index is 548. The number of hydrogen-bond donors (Lipinski definition) is 1. The van der Waals surface area contributed by atoms with Crippen LogP contribution in [0.2, 0.25) is 0 Å². The summed E-state index contributed by atoms with van der Waals surface area (Å²) < 4.78 is 0. The molecule has 112 valence electrons. The maximum absolute atomic E-state index is 6.53. The molecule has 0 fully saturated rings. The highest BCUT2D eigenvalue weighted by atomic mass is 32.2. The van der Waals surface area contributed by atoms with Crippen molar-refractivity contribution in [2.75, 3.05) is 12.5 Å². The predicted molar refractivity (Wildman–Crippen MR) is 96.4 cm³/mol. The molecular weight excluding hydrogens is 294 g/mol. The summed E-state index contributed by atoms with van der Waals surface area (Å²) >= 11 is 3.53. The van der Waals surface area contributed by atoms with Gasteiger partial charge in [0.15, 0.2) is 0 Å². The van der Waals surface area contributed by atoms with Gasteiger partial charge in [0, 0.05) is 21.8 Å². The molecule has 0 spiro atoms. The van der Waals surface area contributed by atoms with Crippen molar-refractivity contribution in [3.8, 4) is 0 Å². The number of nitrogens with two attached hydrogens (primary N) is 1. The first-order valence-electron chi connectivity index (χ1n) is 7.23. The van der Waals surface area contributed by atoms with Crippen molar-refractivity contribution in [3.05, 3.63) is 59.7 Å². The molecule has 0 bridgehead atoms. The van der Waals surface area contributed by atoms with Gasteiger partial charge in [-0.05, 0) is 54.3 Å². The zero-order valence-corrected chi connectivity index (χ0v) is 14.5. The first-order valence-corrected chi connectivity index (χ1v) is 9.68. The van der Waals surface area contributed by atoms with E-state index in [9.17, 15) is 0 Å². The number of thioether (sulfide) groups is 2. The number of hydrogen-bond acceptors (Lipinski definition) is 3. The van der Waals surface area contributed by atoms with Gasteiger partial charge in [-0.3, -0.25) is 0 Å². The first kappa shape index (κ1) is 16.5. The van der Waals surface area contributed by atoms with Crippen LogP contribution in [0.25, 0.3) is 0 Å². The highest BCUT2D eigenvalue weighted by molar-refractivity contribution is 7.98. The second kappa shape index (κ2) is 7.92. The van der Waals surface area contributed by atoms with Crippen LogP contribution in [-0.4, -0.2) is 12.5 Å². The Kier molecular flexibility index (Phi) is 6.22. The molecule has 0 radical (unpaired) electrons. The summed E-state index contributed by atoms with van der Waals surface area (Å²) in [6, 6.07) is 17.5. The molecule has 1 nitrogen and oxygen atoms in total. The molecule has 0 aromatic heterocycles. The van der Waals surface area contributed by atoms with Gasteiger partial charge in [0.1, 0.15) is 0 Å². The topological polar surface area (TPSA) is 26.0 Å². The van der Waals surface area contributed by atoms with Crippen molar-refractivity contribution < 1.29 is 0 Å². The molecule has 0 saturated heterocycles. The van der Waals surface area contributed by atoms with Gasteiger partial charge < -0.3 is 5.73 Å². The van der Waals surface area contributed by atoms with Gasteiger partial charge >= 0.3 is 0 Å². The van der Waals surface area contributed by atoms with Crippen LogP contribution in [0.5, 0.6) is 0 Å². The summed E-state index contributed by atoms with van der Waals surface area (Å²) in [7, 11) is 0. The van der Waals surface area contributed by atoms with E-state index in [1.165, 1.54) is 20.9 Å². The Morgan fingerprint density at radius 3 is 1.62 bits per heavy atom. The number of benzene rings is 2. The van der Waals surface area contributed by atoms with E-state index in [0.717, 1.165) is 6.42 Å². The Morgan fingerprint density at radius 2 is 1.24 bits per heavy atom. The molecule has 0 aliphatic heterocycles. The maximum Gasteiger partial charge on any atom is 0.0364 e. The molecule has 2 atom stereocenters. The quantitative estimate of drug-likeness (QED) is 0.730. The third kappa shape index (κ3) is 4.06. The Labute approximate surface area is 136 Å². The molecular formula is C18H23NS2. The molecule has 0 heterocycles. The lowest BCUT2D eigenvalue weighted by Crippen LogP contribution is -2.19. The fraction of sp³-hybridized carbons (Fsp3) is 0.333. The van der Waals surface area contributed by atoms with E-state index in [1.54, 1.807) is 23.5 Å². The highest BCUT2D eigenvalue weighted by Crippen LogP contribution is 2.33. The van der Waals surface area contributed by atoms with Crippen LogP contribution in [0, 0.1) is 0 Å². The van der Waals surface area contributed by atoms with Crippen LogP contribution in [-0.2, 0) is 0 Å². The minimum absolute atomic E-state index is 0.0473. The molecule has 0 amide bonds. The summed E-state index contributed by atoms with van der Waals surface area (Å²) in [5.41, 5.74) is 9.08. The summed E-state index contributed by atoms with van der Waals surface area (Å²) in [5, 5.41) is 0. The Balaban J connectivity index is 2.21. The van der Waals surface area contributed by atoms with Crippen molar-refractivity contribution in [3.63, 3.8) is 0 Å². The largest absolute Gasteiger partial charge is 0.323 e. The summed E-state index contributed by atoms with van der Waals surface area (Å²) in [5.74, 6) is 0.362. The third-order valence-electron chi connectivity index (χ3n) is 3.92. The molecule has 0 saturated carbocycles. The average molecular weight is 318 g/mol. The fourth-order valence-corrected chi connectivity index (χ4v) is 3.42. The third-order valence-corrected chi connectivity index (χ3v) is 5.41. The highest BCUT2D eigenvalue weighted by Gasteiger charge is 2.19. The van der Waals surface area contributed by atoms with Gasteiger partial charge in [0.2, 0.25) is 0 Å². The average Bonchev–Trinajstić information content (AvgIpc) is 2.56. The second-order valence-corrected chi connectivity index (χ2v) is 6.85. The molecule has 0 aliphatic carbocycles. The van der Waals surface area contributed by atoms with Crippen molar-refractivity contribution in [2.24, 2.45) is 5.73 Å². The van der Waals surface area contributed by atoms with Crippen molar-refractivity contribution in [2.45, 2.75) is 35.1 Å². The van der Waals surface area contributed by atoms with Crippen LogP contribution in [0.1, 0.15) is 36.4 Å². The van der Waals surface area contributed by atoms with Gasteiger partial charge in [-0.15, -0.1) is 23.5 Å². The van der Waals surface area contributed by atoms with E-state index < -0.39 is 0 Å². The van der Waals surface area contributed by atoms with Gasteiger partial charge in [0.05, 0.1) is 0 Å². The molecule has 21 heavy (non-hydrogen) atoms. The molecule has 3 heteroatoms. The van der Waals surface area contributed by atoms with E-state index in [4.69, 9.17) is 5.73 Å². The standard InChI is InChI=1S/C18H23NS2/c1-4-17(13-5-9-15(20-2)10-6-13)18(19)14-7-11-16(21-3)12-8-14/h5-12,17-18H,4,19H2,1-3H3. The minimum atomic E-state index is 0.0473. The summed E-state index contributed by atoms with van der Waals surface area (Å²) in [6.45, 7) is 2.21. The van der Waals surface area contributed by atoms with E-state index >= 15 is 0 Å². The molecule has 2 unspecified atom stereocenters. The normalized spacial score (nSPS) is 13.9. The van der Waals surface area contributed by atoms with Crippen LogP contribution >= 0.6 is 23.5 Å². The zero-order chi connectivity index (χ0) is 15.2. The first-order chi connectivity index (χ1) is 10.2. The minimum Gasteiger partial charge on any atom is -0.323 e.